The van der Waals surface area contributed by atoms with Gasteiger partial charge in [0.1, 0.15) is 12.2 Å². The standard InChI is InChI=1S/C11H11Cl2NO4/c1-17-11-7(13)5-10(11)18-9-4-6(12)2-3-8(9)14(15)16/h2-4,7,10-11H,5H2,1H3. The highest BCUT2D eigenvalue weighted by atomic mass is 35.5. The van der Waals surface area contributed by atoms with Crippen molar-refractivity contribution in [3.05, 3.63) is 33.3 Å². The lowest BCUT2D eigenvalue weighted by atomic mass is 9.91. The molecule has 0 N–H and O–H groups in total. The van der Waals surface area contributed by atoms with Gasteiger partial charge in [0.25, 0.3) is 0 Å². The Balaban J connectivity index is 2.18. The summed E-state index contributed by atoms with van der Waals surface area (Å²) in [7, 11) is 1.53. The summed E-state index contributed by atoms with van der Waals surface area (Å²) in [5.41, 5.74) is -0.118. The van der Waals surface area contributed by atoms with Gasteiger partial charge in [-0.2, -0.15) is 0 Å². The van der Waals surface area contributed by atoms with Gasteiger partial charge in [0, 0.05) is 30.7 Å². The van der Waals surface area contributed by atoms with Gasteiger partial charge in [-0.05, 0) is 6.07 Å². The predicted octanol–water partition coefficient (Wildman–Crippen LogP) is 3.02. The summed E-state index contributed by atoms with van der Waals surface area (Å²) in [4.78, 5) is 10.4. The monoisotopic (exact) mass is 291 g/mol. The Labute approximate surface area is 114 Å². The van der Waals surface area contributed by atoms with Crippen molar-refractivity contribution in [1.82, 2.24) is 0 Å². The lowest BCUT2D eigenvalue weighted by Gasteiger charge is -2.39. The molecule has 0 saturated heterocycles. The topological polar surface area (TPSA) is 61.6 Å². The van der Waals surface area contributed by atoms with Gasteiger partial charge in [0.2, 0.25) is 0 Å². The number of hydrogen-bond acceptors (Lipinski definition) is 4. The van der Waals surface area contributed by atoms with E-state index in [1.54, 1.807) is 0 Å². The Morgan fingerprint density at radius 1 is 1.50 bits per heavy atom. The van der Waals surface area contributed by atoms with Gasteiger partial charge in [-0.25, -0.2) is 0 Å². The van der Waals surface area contributed by atoms with Crippen molar-refractivity contribution in [2.24, 2.45) is 0 Å². The number of methoxy groups -OCH3 is 1. The normalized spacial score (nSPS) is 26.5. The highest BCUT2D eigenvalue weighted by Gasteiger charge is 2.43. The van der Waals surface area contributed by atoms with Crippen LogP contribution in [0.25, 0.3) is 0 Å². The first-order valence-corrected chi connectivity index (χ1v) is 6.12. The second-order valence-electron chi connectivity index (χ2n) is 3.98. The molecule has 1 saturated carbocycles. The maximum atomic E-state index is 10.9. The summed E-state index contributed by atoms with van der Waals surface area (Å²) in [6, 6.07) is 4.19. The van der Waals surface area contributed by atoms with Crippen molar-refractivity contribution in [1.29, 1.82) is 0 Å². The van der Waals surface area contributed by atoms with E-state index in [0.717, 1.165) is 0 Å². The maximum Gasteiger partial charge on any atom is 0.311 e. The molecule has 0 spiro atoms. The molecule has 0 bridgehead atoms. The van der Waals surface area contributed by atoms with E-state index < -0.39 is 4.92 Å². The molecule has 0 heterocycles. The number of ether oxygens (including phenoxy) is 2. The molecule has 18 heavy (non-hydrogen) atoms. The first-order chi connectivity index (χ1) is 8.52. The van der Waals surface area contributed by atoms with Crippen LogP contribution in [0, 0.1) is 10.1 Å². The Hall–Kier alpha value is -1.04. The first-order valence-electron chi connectivity index (χ1n) is 5.30. The van der Waals surface area contributed by atoms with Crippen molar-refractivity contribution < 1.29 is 14.4 Å². The molecular weight excluding hydrogens is 281 g/mol. The fourth-order valence-corrected chi connectivity index (χ4v) is 2.44. The third-order valence-electron chi connectivity index (χ3n) is 2.85. The zero-order valence-corrected chi connectivity index (χ0v) is 11.0. The molecule has 1 fully saturated rings. The number of benzene rings is 1. The van der Waals surface area contributed by atoms with Crippen LogP contribution in [0.15, 0.2) is 18.2 Å². The van der Waals surface area contributed by atoms with Crippen molar-refractivity contribution >= 4 is 28.9 Å². The molecule has 5 nitrogen and oxygen atoms in total. The average Bonchev–Trinajstić information content (AvgIpc) is 2.28. The minimum atomic E-state index is -0.510. The van der Waals surface area contributed by atoms with E-state index in [2.05, 4.69) is 0 Å². The molecule has 7 heteroatoms. The molecule has 0 radical (unpaired) electrons. The number of alkyl halides is 1. The SMILES string of the molecule is COC1C(Cl)CC1Oc1cc(Cl)ccc1[N+](=O)[O-]. The number of hydrogen-bond donors (Lipinski definition) is 0. The number of nitro groups is 1. The molecule has 3 unspecified atom stereocenters. The van der Waals surface area contributed by atoms with Crippen LogP contribution in [-0.2, 0) is 4.74 Å². The highest BCUT2D eigenvalue weighted by molar-refractivity contribution is 6.30. The summed E-state index contributed by atoms with van der Waals surface area (Å²) in [6.07, 6.45) is 0.0453. The molecule has 3 atom stereocenters. The third-order valence-corrected chi connectivity index (χ3v) is 3.51. The Morgan fingerprint density at radius 2 is 2.22 bits per heavy atom. The molecular formula is C11H11Cl2NO4. The molecule has 0 aromatic heterocycles. The summed E-state index contributed by atoms with van der Waals surface area (Å²) in [5.74, 6) is 0.142. The van der Waals surface area contributed by atoms with Crippen molar-refractivity contribution in [3.63, 3.8) is 0 Å². The zero-order valence-electron chi connectivity index (χ0n) is 9.51. The van der Waals surface area contributed by atoms with E-state index in [-0.39, 0.29) is 29.0 Å². The fourth-order valence-electron chi connectivity index (χ4n) is 1.84. The Bertz CT molecular complexity index is 468. The molecule has 1 aromatic carbocycles. The zero-order chi connectivity index (χ0) is 13.3. The predicted molar refractivity (Wildman–Crippen MR) is 67.6 cm³/mol. The van der Waals surface area contributed by atoms with Crippen LogP contribution in [-0.4, -0.2) is 29.6 Å². The number of rotatable bonds is 4. The van der Waals surface area contributed by atoms with Gasteiger partial charge in [0.05, 0.1) is 10.3 Å². The second kappa shape index (κ2) is 5.30. The Morgan fingerprint density at radius 3 is 2.78 bits per heavy atom. The van der Waals surface area contributed by atoms with Crippen LogP contribution in [0.5, 0.6) is 5.75 Å². The molecule has 1 aliphatic carbocycles. The van der Waals surface area contributed by atoms with E-state index in [0.29, 0.717) is 11.4 Å². The largest absolute Gasteiger partial charge is 0.481 e. The summed E-state index contributed by atoms with van der Waals surface area (Å²) < 4.78 is 10.7. The summed E-state index contributed by atoms with van der Waals surface area (Å²) in [6.45, 7) is 0. The van der Waals surface area contributed by atoms with Gasteiger partial charge in [-0.1, -0.05) is 11.6 Å². The smallest absolute Gasteiger partial charge is 0.311 e. The van der Waals surface area contributed by atoms with Crippen molar-refractivity contribution in [2.45, 2.75) is 24.0 Å². The van der Waals surface area contributed by atoms with E-state index in [9.17, 15) is 10.1 Å². The summed E-state index contributed by atoms with van der Waals surface area (Å²) >= 11 is 11.7. The van der Waals surface area contributed by atoms with Gasteiger partial charge < -0.3 is 9.47 Å². The quantitative estimate of drug-likeness (QED) is 0.486. The Kier molecular flexibility index (Phi) is 3.94. The highest BCUT2D eigenvalue weighted by Crippen LogP contribution is 2.37. The van der Waals surface area contributed by atoms with Crippen LogP contribution in [0.1, 0.15) is 6.42 Å². The van der Waals surface area contributed by atoms with E-state index in [1.807, 2.05) is 0 Å². The first kappa shape index (κ1) is 13.4. The minimum Gasteiger partial charge on any atom is -0.481 e. The molecule has 1 aliphatic rings. The molecule has 98 valence electrons. The van der Waals surface area contributed by atoms with E-state index in [4.69, 9.17) is 32.7 Å². The van der Waals surface area contributed by atoms with E-state index in [1.165, 1.54) is 25.3 Å². The van der Waals surface area contributed by atoms with Crippen LogP contribution in [0.4, 0.5) is 5.69 Å². The average molecular weight is 292 g/mol. The van der Waals surface area contributed by atoms with Crippen LogP contribution in [0.3, 0.4) is 0 Å². The maximum absolute atomic E-state index is 10.9. The molecule has 2 rings (SSSR count). The van der Waals surface area contributed by atoms with Crippen LogP contribution < -0.4 is 4.74 Å². The lowest BCUT2D eigenvalue weighted by molar-refractivity contribution is -0.386. The van der Waals surface area contributed by atoms with Gasteiger partial charge >= 0.3 is 5.69 Å². The van der Waals surface area contributed by atoms with Crippen molar-refractivity contribution in [2.75, 3.05) is 7.11 Å². The molecule has 1 aromatic rings. The van der Waals surface area contributed by atoms with Gasteiger partial charge in [-0.15, -0.1) is 11.6 Å². The molecule has 0 amide bonds. The van der Waals surface area contributed by atoms with Crippen LogP contribution in [0.2, 0.25) is 5.02 Å². The minimum absolute atomic E-state index is 0.118. The summed E-state index contributed by atoms with van der Waals surface area (Å²) in [5, 5.41) is 11.1. The van der Waals surface area contributed by atoms with Crippen molar-refractivity contribution in [3.8, 4) is 5.75 Å². The number of nitrogens with zero attached hydrogens (tertiary/aromatic N) is 1. The second-order valence-corrected chi connectivity index (χ2v) is 4.97. The number of halogens is 2. The number of nitro benzene ring substituents is 1. The van der Waals surface area contributed by atoms with E-state index >= 15 is 0 Å². The molecule has 0 aliphatic heterocycles. The third kappa shape index (κ3) is 2.53. The van der Waals surface area contributed by atoms with Crippen LogP contribution >= 0.6 is 23.2 Å². The van der Waals surface area contributed by atoms with Gasteiger partial charge in [0.15, 0.2) is 5.75 Å². The lowest BCUT2D eigenvalue weighted by Crippen LogP contribution is -2.52. The fraction of sp³-hybridized carbons (Fsp3) is 0.455. The van der Waals surface area contributed by atoms with Gasteiger partial charge in [-0.3, -0.25) is 10.1 Å².